The molecule has 0 atom stereocenters. The Labute approximate surface area is 145 Å². The Morgan fingerprint density at radius 3 is 2.61 bits per heavy atom. The van der Waals surface area contributed by atoms with Gasteiger partial charge in [0.1, 0.15) is 16.6 Å². The summed E-state index contributed by atoms with van der Waals surface area (Å²) < 4.78 is 2.04. The molecule has 23 heavy (non-hydrogen) atoms. The molecule has 0 fully saturated rings. The largest absolute Gasteiger partial charge is 0.510 e. The van der Waals surface area contributed by atoms with E-state index in [1.54, 1.807) is 4.90 Å². The lowest BCUT2D eigenvalue weighted by molar-refractivity contribution is 0.411. The zero-order chi connectivity index (χ0) is 16.0. The Morgan fingerprint density at radius 1 is 1.13 bits per heavy atom. The highest BCUT2D eigenvalue weighted by atomic mass is 79.9. The Morgan fingerprint density at radius 2 is 1.87 bits per heavy atom. The van der Waals surface area contributed by atoms with Gasteiger partial charge in [0.25, 0.3) is 0 Å². The van der Waals surface area contributed by atoms with Crippen LogP contribution in [0.5, 0.6) is 0 Å². The lowest BCUT2D eigenvalue weighted by Crippen LogP contribution is -2.25. The number of hydrogen-bond acceptors (Lipinski definition) is 4. The number of halogens is 1. The zero-order valence-electron chi connectivity index (χ0n) is 12.0. The maximum Gasteiger partial charge on any atom is 0.139 e. The van der Waals surface area contributed by atoms with Crippen molar-refractivity contribution >= 4 is 54.6 Å². The van der Waals surface area contributed by atoms with Crippen molar-refractivity contribution in [3.05, 3.63) is 63.8 Å². The van der Waals surface area contributed by atoms with Gasteiger partial charge in [0, 0.05) is 10.2 Å². The van der Waals surface area contributed by atoms with Crippen LogP contribution in [-0.2, 0) is 0 Å². The number of nitrogens with one attached hydrogen (secondary N) is 1. The molecule has 2 heterocycles. The number of aromatic nitrogens is 1. The predicted molar refractivity (Wildman–Crippen MR) is 98.4 cm³/mol. The van der Waals surface area contributed by atoms with Gasteiger partial charge < -0.3 is 10.0 Å². The van der Waals surface area contributed by atoms with E-state index in [-0.39, 0.29) is 11.6 Å². The minimum absolute atomic E-state index is 0.192. The minimum Gasteiger partial charge on any atom is -0.510 e. The maximum atomic E-state index is 10.4. The molecule has 0 saturated heterocycles. The van der Waals surface area contributed by atoms with Gasteiger partial charge >= 0.3 is 0 Å². The van der Waals surface area contributed by atoms with E-state index in [1.165, 1.54) is 11.3 Å². The fourth-order valence-corrected chi connectivity index (χ4v) is 3.92. The summed E-state index contributed by atoms with van der Waals surface area (Å²) in [5, 5.41) is 19.5. The van der Waals surface area contributed by atoms with E-state index in [0.29, 0.717) is 17.1 Å². The van der Waals surface area contributed by atoms with Crippen molar-refractivity contribution in [2.24, 2.45) is 0 Å². The fraction of sp³-hybridized carbons (Fsp3) is 0.0588. The number of thiazole rings is 1. The number of hydrogen-bond donors (Lipinski definition) is 2. The topological polar surface area (TPSA) is 60.2 Å². The number of anilines is 1. The van der Waals surface area contributed by atoms with Crippen LogP contribution in [0.1, 0.15) is 5.01 Å². The number of rotatable bonds is 2. The molecule has 1 aliphatic heterocycles. The Bertz CT molecular complexity index is 913. The van der Waals surface area contributed by atoms with Gasteiger partial charge in [-0.1, -0.05) is 28.1 Å². The molecule has 1 aliphatic rings. The lowest BCUT2D eigenvalue weighted by Gasteiger charge is -2.18. The highest BCUT2D eigenvalue weighted by molar-refractivity contribution is 9.10. The molecule has 3 aromatic rings. The van der Waals surface area contributed by atoms with Crippen LogP contribution >= 0.6 is 27.3 Å². The van der Waals surface area contributed by atoms with Crippen molar-refractivity contribution in [1.29, 1.82) is 5.41 Å². The molecule has 2 aromatic carbocycles. The molecule has 2 N–H and O–H groups in total. The first-order valence-corrected chi connectivity index (χ1v) is 8.64. The molecule has 0 aliphatic carbocycles. The highest BCUT2D eigenvalue weighted by Crippen LogP contribution is 2.35. The van der Waals surface area contributed by atoms with E-state index in [9.17, 15) is 5.11 Å². The first-order chi connectivity index (χ1) is 11.1. The van der Waals surface area contributed by atoms with E-state index in [4.69, 9.17) is 5.41 Å². The third kappa shape index (κ3) is 2.44. The second-order valence-corrected chi connectivity index (χ2v) is 7.17. The quantitative estimate of drug-likeness (QED) is 0.664. The maximum absolute atomic E-state index is 10.4. The summed E-state index contributed by atoms with van der Waals surface area (Å²) in [5.74, 6) is 0.473. The Kier molecular flexibility index (Phi) is 3.43. The van der Waals surface area contributed by atoms with Gasteiger partial charge in [0.05, 0.1) is 22.3 Å². The average molecular weight is 386 g/mol. The predicted octanol–water partition coefficient (Wildman–Crippen LogP) is 4.83. The van der Waals surface area contributed by atoms with E-state index in [2.05, 4.69) is 20.9 Å². The third-order valence-electron chi connectivity index (χ3n) is 3.75. The van der Waals surface area contributed by atoms with Gasteiger partial charge in [0.15, 0.2) is 0 Å². The van der Waals surface area contributed by atoms with E-state index in [1.807, 2.05) is 48.5 Å². The first kappa shape index (κ1) is 14.4. The molecule has 114 valence electrons. The van der Waals surface area contributed by atoms with Crippen LogP contribution in [0.4, 0.5) is 5.69 Å². The van der Waals surface area contributed by atoms with Crippen LogP contribution in [0.15, 0.2) is 58.8 Å². The summed E-state index contributed by atoms with van der Waals surface area (Å²) in [5.41, 5.74) is 2.29. The molecule has 0 bridgehead atoms. The van der Waals surface area contributed by atoms with Gasteiger partial charge in [0.2, 0.25) is 0 Å². The van der Waals surface area contributed by atoms with Crippen molar-refractivity contribution < 1.29 is 5.11 Å². The molecule has 1 aromatic heterocycles. The van der Waals surface area contributed by atoms with Crippen LogP contribution in [0.2, 0.25) is 0 Å². The average Bonchev–Trinajstić information content (AvgIpc) is 3.08. The zero-order valence-corrected chi connectivity index (χ0v) is 14.4. The lowest BCUT2D eigenvalue weighted by atomic mass is 10.2. The molecule has 6 heteroatoms. The second kappa shape index (κ2) is 5.47. The summed E-state index contributed by atoms with van der Waals surface area (Å²) in [6.45, 7) is 0.297. The number of nitrogens with zero attached hydrogens (tertiary/aromatic N) is 2. The van der Waals surface area contributed by atoms with Gasteiger partial charge in [-0.15, -0.1) is 11.3 Å². The Hall–Kier alpha value is -2.18. The van der Waals surface area contributed by atoms with Crippen LogP contribution in [-0.4, -0.2) is 22.5 Å². The van der Waals surface area contributed by atoms with Crippen LogP contribution in [0.3, 0.4) is 0 Å². The summed E-state index contributed by atoms with van der Waals surface area (Å²) in [6, 6.07) is 15.5. The van der Waals surface area contributed by atoms with Crippen molar-refractivity contribution in [3.8, 4) is 0 Å². The van der Waals surface area contributed by atoms with Crippen molar-refractivity contribution in [2.45, 2.75) is 0 Å². The Balaban J connectivity index is 1.73. The molecule has 0 amide bonds. The third-order valence-corrected chi connectivity index (χ3v) is 5.33. The molecular weight excluding hydrogens is 374 g/mol. The van der Waals surface area contributed by atoms with Gasteiger partial charge in [-0.3, -0.25) is 5.41 Å². The fourth-order valence-electron chi connectivity index (χ4n) is 2.62. The monoisotopic (exact) mass is 385 g/mol. The van der Waals surface area contributed by atoms with Crippen molar-refractivity contribution in [3.63, 3.8) is 0 Å². The summed E-state index contributed by atoms with van der Waals surface area (Å²) in [4.78, 5) is 6.34. The normalized spacial score (nSPS) is 15.0. The standard InChI is InChI=1S/C17H12BrN3OS/c18-10-5-7-11(8-6-10)21-9-13(22)15(16(21)19)17-20-12-3-1-2-4-14(12)23-17/h1-8,19,22H,9H2. The van der Waals surface area contributed by atoms with E-state index in [0.717, 1.165) is 20.4 Å². The molecule has 4 rings (SSSR count). The summed E-state index contributed by atoms with van der Waals surface area (Å²) in [7, 11) is 0. The van der Waals surface area contributed by atoms with Crippen molar-refractivity contribution in [2.75, 3.05) is 11.4 Å². The number of para-hydroxylation sites is 1. The van der Waals surface area contributed by atoms with Crippen LogP contribution in [0, 0.1) is 5.41 Å². The first-order valence-electron chi connectivity index (χ1n) is 7.03. The molecule has 0 radical (unpaired) electrons. The molecule has 4 nitrogen and oxygen atoms in total. The molecule has 0 saturated carbocycles. The molecule has 0 unspecified atom stereocenters. The van der Waals surface area contributed by atoms with Gasteiger partial charge in [-0.2, -0.15) is 0 Å². The minimum atomic E-state index is 0.192. The summed E-state index contributed by atoms with van der Waals surface area (Å²) in [6.07, 6.45) is 0. The van der Waals surface area contributed by atoms with E-state index >= 15 is 0 Å². The molecule has 0 spiro atoms. The number of benzene rings is 2. The highest BCUT2D eigenvalue weighted by Gasteiger charge is 2.31. The second-order valence-electron chi connectivity index (χ2n) is 5.22. The number of aliphatic hydroxyl groups is 1. The number of aliphatic hydroxyl groups excluding tert-OH is 1. The molecular formula is C17H12BrN3OS. The smallest absolute Gasteiger partial charge is 0.139 e. The number of amidine groups is 1. The summed E-state index contributed by atoms with van der Waals surface area (Å²) >= 11 is 4.91. The van der Waals surface area contributed by atoms with Gasteiger partial charge in [-0.25, -0.2) is 4.98 Å². The number of fused-ring (bicyclic) bond motifs is 1. The van der Waals surface area contributed by atoms with Gasteiger partial charge in [-0.05, 0) is 36.4 Å². The van der Waals surface area contributed by atoms with Crippen LogP contribution in [0.25, 0.3) is 15.8 Å². The van der Waals surface area contributed by atoms with E-state index < -0.39 is 0 Å². The SMILES string of the molecule is N=C1C(c2nc3ccccc3s2)=C(O)CN1c1ccc(Br)cc1. The van der Waals surface area contributed by atoms with Crippen LogP contribution < -0.4 is 4.90 Å². The van der Waals surface area contributed by atoms with Crippen molar-refractivity contribution in [1.82, 2.24) is 4.98 Å².